The predicted octanol–water partition coefficient (Wildman–Crippen LogP) is 4.41. The van der Waals surface area contributed by atoms with E-state index in [0.717, 1.165) is 25.7 Å². The molecule has 0 aromatic rings. The highest BCUT2D eigenvalue weighted by Gasteiger charge is 2.42. The lowest BCUT2D eigenvalue weighted by molar-refractivity contribution is -0.202. The summed E-state index contributed by atoms with van der Waals surface area (Å²) in [4.78, 5) is 0. The zero-order valence-corrected chi connectivity index (χ0v) is 21.1. The van der Waals surface area contributed by atoms with Gasteiger partial charge < -0.3 is 24.8 Å². The van der Waals surface area contributed by atoms with Crippen LogP contribution < -0.4 is 0 Å². The molecule has 0 saturated heterocycles. The Balaban J connectivity index is 2.01. The van der Waals surface area contributed by atoms with E-state index in [2.05, 4.69) is 41.5 Å². The molecule has 3 N–H and O–H groups in total. The van der Waals surface area contributed by atoms with E-state index in [-0.39, 0.29) is 25.4 Å². The summed E-state index contributed by atoms with van der Waals surface area (Å²) in [6.07, 6.45) is 4.66. The topological polar surface area (TPSA) is 79.2 Å². The van der Waals surface area contributed by atoms with E-state index < -0.39 is 17.8 Å². The Labute approximate surface area is 190 Å². The molecule has 2 rings (SSSR count). The van der Waals surface area contributed by atoms with Crippen LogP contribution in [0.25, 0.3) is 0 Å². The molecule has 5 nitrogen and oxygen atoms in total. The lowest BCUT2D eigenvalue weighted by Crippen LogP contribution is -2.54. The molecule has 0 spiro atoms. The molecule has 5 heteroatoms. The van der Waals surface area contributed by atoms with Gasteiger partial charge in [-0.2, -0.15) is 0 Å². The number of aliphatic hydroxyl groups is 3. The van der Waals surface area contributed by atoms with E-state index in [1.165, 1.54) is 12.8 Å². The van der Waals surface area contributed by atoms with Crippen LogP contribution >= 0.6 is 0 Å². The van der Waals surface area contributed by atoms with Crippen LogP contribution in [0.15, 0.2) is 0 Å². The van der Waals surface area contributed by atoms with Crippen molar-refractivity contribution in [1.82, 2.24) is 0 Å². The number of hydrogen-bond acceptors (Lipinski definition) is 5. The van der Waals surface area contributed by atoms with Crippen molar-refractivity contribution in [3.05, 3.63) is 0 Å². The maximum Gasteiger partial charge on any atom is 0.114 e. The van der Waals surface area contributed by atoms with Crippen molar-refractivity contribution in [2.45, 2.75) is 117 Å². The Bertz CT molecular complexity index is 520. The molecule has 2 saturated carbocycles. The van der Waals surface area contributed by atoms with Gasteiger partial charge in [-0.05, 0) is 68.1 Å². The molecule has 2 aliphatic carbocycles. The van der Waals surface area contributed by atoms with Gasteiger partial charge in [-0.25, -0.2) is 0 Å². The van der Waals surface area contributed by atoms with Crippen LogP contribution in [-0.2, 0) is 9.47 Å². The largest absolute Gasteiger partial charge is 0.394 e. The van der Waals surface area contributed by atoms with Crippen LogP contribution in [0.3, 0.4) is 0 Å². The van der Waals surface area contributed by atoms with Crippen molar-refractivity contribution in [3.63, 3.8) is 0 Å². The van der Waals surface area contributed by atoms with E-state index in [9.17, 15) is 15.3 Å². The molecule has 9 atom stereocenters. The summed E-state index contributed by atoms with van der Waals surface area (Å²) in [5.74, 6) is 3.09. The fourth-order valence-electron chi connectivity index (χ4n) is 5.78. The predicted molar refractivity (Wildman–Crippen MR) is 125 cm³/mol. The first kappa shape index (κ1) is 27.0. The average Bonchev–Trinajstić information content (AvgIpc) is 2.69. The molecule has 2 fully saturated rings. The third-order valence-corrected chi connectivity index (χ3v) is 8.03. The van der Waals surface area contributed by atoms with Crippen LogP contribution in [0, 0.1) is 35.5 Å². The van der Waals surface area contributed by atoms with Crippen molar-refractivity contribution in [3.8, 4) is 0 Å². The lowest BCUT2D eigenvalue weighted by atomic mass is 9.75. The van der Waals surface area contributed by atoms with Crippen LogP contribution in [0.5, 0.6) is 0 Å². The molecule has 31 heavy (non-hydrogen) atoms. The molecular weight excluding hydrogens is 392 g/mol. The molecule has 2 aliphatic rings. The fourth-order valence-corrected chi connectivity index (χ4v) is 5.78. The first-order valence-corrected chi connectivity index (χ1v) is 12.7. The Morgan fingerprint density at radius 1 is 0.871 bits per heavy atom. The van der Waals surface area contributed by atoms with Gasteiger partial charge in [-0.3, -0.25) is 0 Å². The molecule has 0 bridgehead atoms. The molecule has 0 aliphatic heterocycles. The van der Waals surface area contributed by atoms with Gasteiger partial charge >= 0.3 is 0 Å². The van der Waals surface area contributed by atoms with E-state index in [1.54, 1.807) is 6.92 Å². The third kappa shape index (κ3) is 7.40. The fraction of sp³-hybridized carbons (Fsp3) is 1.00. The molecule has 9 unspecified atom stereocenters. The van der Waals surface area contributed by atoms with Crippen LogP contribution in [-0.4, -0.2) is 58.6 Å². The monoisotopic (exact) mass is 442 g/mol. The standard InChI is InChI=1S/C26H50O5/c1-16(2)20-10-8-18(5)12-22(20)30-15-26(7,29)25(28)24(14-27)31-23-13-19(6)9-11-21(23)17(3)4/h16-25,27-29H,8-15H2,1-7H3. The summed E-state index contributed by atoms with van der Waals surface area (Å²) in [7, 11) is 0. The van der Waals surface area contributed by atoms with Gasteiger partial charge in [0, 0.05) is 0 Å². The Morgan fingerprint density at radius 2 is 1.35 bits per heavy atom. The second-order valence-corrected chi connectivity index (χ2v) is 11.7. The Kier molecular flexibility index (Phi) is 10.3. The number of hydrogen-bond donors (Lipinski definition) is 3. The van der Waals surface area contributed by atoms with Gasteiger partial charge in [-0.1, -0.05) is 54.4 Å². The highest BCUT2D eigenvalue weighted by atomic mass is 16.5. The minimum absolute atomic E-state index is 0.00298. The molecular formula is C26H50O5. The minimum Gasteiger partial charge on any atom is -0.394 e. The van der Waals surface area contributed by atoms with E-state index in [0.29, 0.717) is 35.5 Å². The molecule has 0 amide bonds. The minimum atomic E-state index is -1.48. The number of rotatable bonds is 10. The van der Waals surface area contributed by atoms with E-state index >= 15 is 0 Å². The Morgan fingerprint density at radius 3 is 1.84 bits per heavy atom. The second kappa shape index (κ2) is 11.8. The van der Waals surface area contributed by atoms with Gasteiger partial charge in [0.25, 0.3) is 0 Å². The molecule has 0 radical (unpaired) electrons. The summed E-state index contributed by atoms with van der Waals surface area (Å²) in [5.41, 5.74) is -1.48. The highest BCUT2D eigenvalue weighted by Crippen LogP contribution is 2.38. The molecule has 184 valence electrons. The van der Waals surface area contributed by atoms with Crippen molar-refractivity contribution in [2.75, 3.05) is 13.2 Å². The zero-order valence-electron chi connectivity index (χ0n) is 21.1. The Hall–Kier alpha value is -0.200. The molecule has 0 aromatic heterocycles. The van der Waals surface area contributed by atoms with E-state index in [4.69, 9.17) is 9.47 Å². The molecule has 0 aromatic carbocycles. The first-order valence-electron chi connectivity index (χ1n) is 12.7. The lowest BCUT2D eigenvalue weighted by Gasteiger charge is -2.42. The van der Waals surface area contributed by atoms with Crippen molar-refractivity contribution < 1.29 is 24.8 Å². The van der Waals surface area contributed by atoms with Crippen LogP contribution in [0.1, 0.15) is 87.0 Å². The zero-order chi connectivity index (χ0) is 23.3. The average molecular weight is 443 g/mol. The first-order chi connectivity index (χ1) is 14.5. The van der Waals surface area contributed by atoms with Gasteiger partial charge in [0.1, 0.15) is 17.8 Å². The quantitative estimate of drug-likeness (QED) is 0.467. The third-order valence-electron chi connectivity index (χ3n) is 8.03. The normalized spacial score (nSPS) is 36.4. The summed E-state index contributed by atoms with van der Waals surface area (Å²) in [5, 5.41) is 32.1. The summed E-state index contributed by atoms with van der Waals surface area (Å²) in [6.45, 7) is 14.7. The SMILES string of the molecule is CC1CCC(C(C)C)C(OCC(C)(O)C(O)C(CO)OC2CC(C)CCC2C(C)C)C1. The molecule has 0 heterocycles. The van der Waals surface area contributed by atoms with E-state index in [1.807, 2.05) is 0 Å². The smallest absolute Gasteiger partial charge is 0.114 e. The highest BCUT2D eigenvalue weighted by molar-refractivity contribution is 4.91. The van der Waals surface area contributed by atoms with Crippen molar-refractivity contribution in [2.24, 2.45) is 35.5 Å². The van der Waals surface area contributed by atoms with Crippen LogP contribution in [0.2, 0.25) is 0 Å². The second-order valence-electron chi connectivity index (χ2n) is 11.7. The van der Waals surface area contributed by atoms with Crippen molar-refractivity contribution in [1.29, 1.82) is 0 Å². The maximum atomic E-state index is 11.1. The maximum absolute atomic E-state index is 11.1. The number of ether oxygens (including phenoxy) is 2. The van der Waals surface area contributed by atoms with Crippen molar-refractivity contribution >= 4 is 0 Å². The number of aliphatic hydroxyl groups excluding tert-OH is 2. The summed E-state index contributed by atoms with van der Waals surface area (Å²) >= 11 is 0. The summed E-state index contributed by atoms with van der Waals surface area (Å²) in [6, 6.07) is 0. The van der Waals surface area contributed by atoms with Gasteiger partial charge in [0.2, 0.25) is 0 Å². The van der Waals surface area contributed by atoms with Gasteiger partial charge in [0.15, 0.2) is 0 Å². The van der Waals surface area contributed by atoms with Gasteiger partial charge in [-0.15, -0.1) is 0 Å². The van der Waals surface area contributed by atoms with Crippen LogP contribution in [0.4, 0.5) is 0 Å². The summed E-state index contributed by atoms with van der Waals surface area (Å²) < 4.78 is 12.5. The van der Waals surface area contributed by atoms with Gasteiger partial charge in [0.05, 0.1) is 25.4 Å².